The van der Waals surface area contributed by atoms with Gasteiger partial charge in [0.2, 0.25) is 0 Å². The van der Waals surface area contributed by atoms with Gasteiger partial charge in [0.05, 0.1) is 16.4 Å². The topological polar surface area (TPSA) is 71.3 Å². The zero-order valence-electron chi connectivity index (χ0n) is 11.5. The molecule has 0 radical (unpaired) electrons. The Balaban J connectivity index is 2.20. The number of non-ortho nitro benzene ring substituents is 1. The predicted octanol–water partition coefficient (Wildman–Crippen LogP) is 2.08. The highest BCUT2D eigenvalue weighted by Crippen LogP contribution is 2.35. The van der Waals surface area contributed by atoms with E-state index in [4.69, 9.17) is 0 Å². The molecule has 0 saturated carbocycles. The van der Waals surface area contributed by atoms with Crippen LogP contribution >= 0.6 is 0 Å². The standard InChI is InChI=1S/C14H15FN4O2/c1-18(9-4-6-16-8-9)14-11(15)7-12(19(20)21)10-3-2-5-17-13(10)14/h2-3,5,7,9,16H,4,6,8H2,1H3. The zero-order chi connectivity index (χ0) is 15.0. The van der Waals surface area contributed by atoms with E-state index in [1.807, 2.05) is 4.90 Å². The fourth-order valence-corrected chi connectivity index (χ4v) is 2.82. The summed E-state index contributed by atoms with van der Waals surface area (Å²) in [6.45, 7) is 1.65. The number of hydrogen-bond acceptors (Lipinski definition) is 5. The predicted molar refractivity (Wildman–Crippen MR) is 78.0 cm³/mol. The van der Waals surface area contributed by atoms with Crippen molar-refractivity contribution in [3.05, 3.63) is 40.3 Å². The Morgan fingerprint density at radius 1 is 1.57 bits per heavy atom. The van der Waals surface area contributed by atoms with Gasteiger partial charge in [0.15, 0.2) is 5.82 Å². The summed E-state index contributed by atoms with van der Waals surface area (Å²) in [7, 11) is 1.80. The third kappa shape index (κ3) is 2.29. The third-order valence-corrected chi connectivity index (χ3v) is 3.93. The summed E-state index contributed by atoms with van der Waals surface area (Å²) in [5.41, 5.74) is 0.404. The molecule has 0 bridgehead atoms. The van der Waals surface area contributed by atoms with Gasteiger partial charge in [0.1, 0.15) is 11.2 Å². The van der Waals surface area contributed by atoms with Gasteiger partial charge in [-0.2, -0.15) is 0 Å². The average molecular weight is 290 g/mol. The van der Waals surface area contributed by atoms with Crippen LogP contribution in [0.2, 0.25) is 0 Å². The Kier molecular flexibility index (Phi) is 3.42. The van der Waals surface area contributed by atoms with Crippen LogP contribution in [0.25, 0.3) is 10.9 Å². The molecule has 1 atom stereocenters. The summed E-state index contributed by atoms with van der Waals surface area (Å²) in [6, 6.07) is 4.36. The van der Waals surface area contributed by atoms with Gasteiger partial charge >= 0.3 is 0 Å². The molecule has 0 amide bonds. The number of hydrogen-bond donors (Lipinski definition) is 1. The number of likely N-dealkylation sites (N-methyl/N-ethyl adjacent to an activating group) is 1. The molecule has 1 unspecified atom stereocenters. The Bertz CT molecular complexity index is 701. The maximum atomic E-state index is 14.4. The molecule has 21 heavy (non-hydrogen) atoms. The number of nitro benzene ring substituents is 1. The fraction of sp³-hybridized carbons (Fsp3) is 0.357. The number of fused-ring (bicyclic) bond motifs is 1. The molecule has 2 heterocycles. The van der Waals surface area contributed by atoms with E-state index in [0.29, 0.717) is 16.6 Å². The summed E-state index contributed by atoms with van der Waals surface area (Å²) in [6.07, 6.45) is 2.43. The molecule has 0 spiro atoms. The van der Waals surface area contributed by atoms with Gasteiger partial charge in [0.25, 0.3) is 5.69 Å². The van der Waals surface area contributed by atoms with Crippen molar-refractivity contribution in [1.82, 2.24) is 10.3 Å². The molecule has 1 aromatic carbocycles. The van der Waals surface area contributed by atoms with Gasteiger partial charge < -0.3 is 10.2 Å². The smallest absolute Gasteiger partial charge is 0.281 e. The van der Waals surface area contributed by atoms with Crippen LogP contribution < -0.4 is 10.2 Å². The summed E-state index contributed by atoms with van der Waals surface area (Å²) < 4.78 is 14.4. The minimum Gasteiger partial charge on any atom is -0.366 e. The van der Waals surface area contributed by atoms with Gasteiger partial charge in [-0.3, -0.25) is 15.1 Å². The van der Waals surface area contributed by atoms with Crippen molar-refractivity contribution in [2.45, 2.75) is 12.5 Å². The first kappa shape index (κ1) is 13.7. The van der Waals surface area contributed by atoms with E-state index in [9.17, 15) is 14.5 Å². The van der Waals surface area contributed by atoms with E-state index in [-0.39, 0.29) is 11.7 Å². The number of benzene rings is 1. The van der Waals surface area contributed by atoms with Crippen LogP contribution in [-0.2, 0) is 0 Å². The van der Waals surface area contributed by atoms with Crippen LogP contribution in [0.1, 0.15) is 6.42 Å². The SMILES string of the molecule is CN(c1c(F)cc([N+](=O)[O-])c2cccnc12)C1CCNC1. The normalized spacial score (nSPS) is 18.1. The molecule has 1 N–H and O–H groups in total. The number of nitrogens with zero attached hydrogens (tertiary/aromatic N) is 3. The van der Waals surface area contributed by atoms with Gasteiger partial charge in [-0.1, -0.05) is 0 Å². The molecule has 1 aliphatic rings. The maximum absolute atomic E-state index is 14.4. The fourth-order valence-electron chi connectivity index (χ4n) is 2.82. The highest BCUT2D eigenvalue weighted by molar-refractivity contribution is 5.97. The first-order valence-corrected chi connectivity index (χ1v) is 6.74. The molecule has 1 saturated heterocycles. The number of nitro groups is 1. The Morgan fingerprint density at radius 3 is 3.05 bits per heavy atom. The number of nitrogens with one attached hydrogen (secondary N) is 1. The monoisotopic (exact) mass is 290 g/mol. The van der Waals surface area contributed by atoms with Crippen LogP contribution in [0.15, 0.2) is 24.4 Å². The van der Waals surface area contributed by atoms with Crippen molar-refractivity contribution in [2.75, 3.05) is 25.0 Å². The molecule has 0 aliphatic carbocycles. The first-order chi connectivity index (χ1) is 10.1. The molecular weight excluding hydrogens is 275 g/mol. The lowest BCUT2D eigenvalue weighted by Crippen LogP contribution is -2.34. The van der Waals surface area contributed by atoms with Crippen LogP contribution in [0.4, 0.5) is 15.8 Å². The molecule has 2 aromatic rings. The zero-order valence-corrected chi connectivity index (χ0v) is 11.5. The lowest BCUT2D eigenvalue weighted by atomic mass is 10.1. The molecule has 1 aromatic heterocycles. The number of pyridine rings is 1. The van der Waals surface area contributed by atoms with Crippen LogP contribution in [0.5, 0.6) is 0 Å². The number of rotatable bonds is 3. The molecular formula is C14H15FN4O2. The van der Waals surface area contributed by atoms with Crippen molar-refractivity contribution in [3.8, 4) is 0 Å². The molecule has 6 nitrogen and oxygen atoms in total. The molecule has 7 heteroatoms. The molecule has 1 aliphatic heterocycles. The van der Waals surface area contributed by atoms with Gasteiger partial charge in [-0.05, 0) is 25.1 Å². The average Bonchev–Trinajstić information content (AvgIpc) is 3.00. The van der Waals surface area contributed by atoms with Crippen molar-refractivity contribution < 1.29 is 9.31 Å². The van der Waals surface area contributed by atoms with Crippen molar-refractivity contribution >= 4 is 22.3 Å². The lowest BCUT2D eigenvalue weighted by molar-refractivity contribution is -0.383. The number of aromatic nitrogens is 1. The van der Waals surface area contributed by atoms with E-state index in [0.717, 1.165) is 25.6 Å². The molecule has 3 rings (SSSR count). The second-order valence-electron chi connectivity index (χ2n) is 5.14. The summed E-state index contributed by atoms with van der Waals surface area (Å²) in [5, 5.41) is 14.7. The Hall–Kier alpha value is -2.28. The van der Waals surface area contributed by atoms with Crippen molar-refractivity contribution in [3.63, 3.8) is 0 Å². The van der Waals surface area contributed by atoms with E-state index >= 15 is 0 Å². The number of halogens is 1. The summed E-state index contributed by atoms with van der Waals surface area (Å²) in [5.74, 6) is -0.609. The Morgan fingerprint density at radius 2 is 2.38 bits per heavy atom. The third-order valence-electron chi connectivity index (χ3n) is 3.93. The molecule has 1 fully saturated rings. The van der Waals surface area contributed by atoms with Gasteiger partial charge in [0, 0.05) is 25.8 Å². The van der Waals surface area contributed by atoms with Gasteiger partial charge in [-0.15, -0.1) is 0 Å². The second-order valence-corrected chi connectivity index (χ2v) is 5.14. The van der Waals surface area contributed by atoms with Crippen LogP contribution in [0.3, 0.4) is 0 Å². The van der Waals surface area contributed by atoms with Gasteiger partial charge in [-0.25, -0.2) is 4.39 Å². The van der Waals surface area contributed by atoms with E-state index in [1.165, 1.54) is 6.20 Å². The molecule has 110 valence electrons. The quantitative estimate of drug-likeness (QED) is 0.692. The van der Waals surface area contributed by atoms with Crippen LogP contribution in [0, 0.1) is 15.9 Å². The summed E-state index contributed by atoms with van der Waals surface area (Å²) in [4.78, 5) is 16.5. The minimum absolute atomic E-state index is 0.158. The van der Waals surface area contributed by atoms with Crippen molar-refractivity contribution in [1.29, 1.82) is 0 Å². The van der Waals surface area contributed by atoms with E-state index < -0.39 is 10.7 Å². The highest BCUT2D eigenvalue weighted by Gasteiger charge is 2.27. The Labute approximate surface area is 120 Å². The minimum atomic E-state index is -0.609. The maximum Gasteiger partial charge on any atom is 0.281 e. The van der Waals surface area contributed by atoms with E-state index in [2.05, 4.69) is 10.3 Å². The van der Waals surface area contributed by atoms with E-state index in [1.54, 1.807) is 19.2 Å². The summed E-state index contributed by atoms with van der Waals surface area (Å²) >= 11 is 0. The highest BCUT2D eigenvalue weighted by atomic mass is 19.1. The lowest BCUT2D eigenvalue weighted by Gasteiger charge is -2.27. The largest absolute Gasteiger partial charge is 0.366 e. The first-order valence-electron chi connectivity index (χ1n) is 6.74. The van der Waals surface area contributed by atoms with Crippen molar-refractivity contribution in [2.24, 2.45) is 0 Å². The second kappa shape index (κ2) is 5.25. The van der Waals surface area contributed by atoms with Crippen LogP contribution in [-0.4, -0.2) is 36.1 Å². The number of anilines is 1.